The van der Waals surface area contributed by atoms with E-state index in [-0.39, 0.29) is 5.91 Å². The van der Waals surface area contributed by atoms with Gasteiger partial charge in [-0.15, -0.1) is 0 Å². The van der Waals surface area contributed by atoms with Gasteiger partial charge in [-0.05, 0) is 55.8 Å². The van der Waals surface area contributed by atoms with Crippen molar-refractivity contribution >= 4 is 5.91 Å². The standard InChI is InChI=1S/C28H28N6O/c1-20(2)33-13-15-34(16-14-33)28(35)22-8-6-21(7-9-22)23-17-24(19-29-18-23)25-10-12-31-27(32-25)26-5-3-4-11-30-26/h3-12,17-20H,13-16H2,1-2H3. The van der Waals surface area contributed by atoms with E-state index in [0.29, 0.717) is 17.4 Å². The third kappa shape index (κ3) is 5.10. The van der Waals surface area contributed by atoms with E-state index in [1.807, 2.05) is 59.6 Å². The first-order valence-corrected chi connectivity index (χ1v) is 11.9. The molecule has 1 fully saturated rings. The summed E-state index contributed by atoms with van der Waals surface area (Å²) in [6.45, 7) is 7.78. The van der Waals surface area contributed by atoms with Crippen molar-refractivity contribution in [2.24, 2.45) is 0 Å². The number of pyridine rings is 2. The molecule has 5 rings (SSSR count). The lowest BCUT2D eigenvalue weighted by molar-refractivity contribution is 0.0595. The Morgan fingerprint density at radius 1 is 0.800 bits per heavy atom. The third-order valence-electron chi connectivity index (χ3n) is 6.38. The van der Waals surface area contributed by atoms with Crippen LogP contribution >= 0.6 is 0 Å². The molecule has 4 heterocycles. The number of benzene rings is 1. The SMILES string of the molecule is CC(C)N1CCN(C(=O)c2ccc(-c3cncc(-c4ccnc(-c5ccccn5)n4)c3)cc2)CC1. The second kappa shape index (κ2) is 10.1. The lowest BCUT2D eigenvalue weighted by Gasteiger charge is -2.37. The molecule has 0 saturated carbocycles. The van der Waals surface area contributed by atoms with Gasteiger partial charge >= 0.3 is 0 Å². The van der Waals surface area contributed by atoms with Gasteiger partial charge in [0, 0.05) is 73.7 Å². The van der Waals surface area contributed by atoms with Crippen LogP contribution in [0.4, 0.5) is 0 Å². The largest absolute Gasteiger partial charge is 0.336 e. The Bertz CT molecular complexity index is 1300. The molecule has 0 unspecified atom stereocenters. The van der Waals surface area contributed by atoms with Crippen LogP contribution in [0.5, 0.6) is 0 Å². The molecule has 3 aromatic heterocycles. The van der Waals surface area contributed by atoms with Crippen molar-refractivity contribution in [2.45, 2.75) is 19.9 Å². The quantitative estimate of drug-likeness (QED) is 0.435. The van der Waals surface area contributed by atoms with Crippen LogP contribution in [0.1, 0.15) is 24.2 Å². The van der Waals surface area contributed by atoms with Gasteiger partial charge in [-0.1, -0.05) is 18.2 Å². The molecule has 1 aliphatic heterocycles. The Hall–Kier alpha value is -3.97. The van der Waals surface area contributed by atoms with E-state index >= 15 is 0 Å². The van der Waals surface area contributed by atoms with Crippen LogP contribution in [0.3, 0.4) is 0 Å². The zero-order chi connectivity index (χ0) is 24.2. The number of aromatic nitrogens is 4. The van der Waals surface area contributed by atoms with Crippen molar-refractivity contribution in [1.29, 1.82) is 0 Å². The fraction of sp³-hybridized carbons (Fsp3) is 0.250. The predicted octanol–water partition coefficient (Wildman–Crippen LogP) is 4.43. The van der Waals surface area contributed by atoms with Gasteiger partial charge in [0.15, 0.2) is 5.82 Å². The van der Waals surface area contributed by atoms with Crippen LogP contribution in [0.2, 0.25) is 0 Å². The number of amides is 1. The second-order valence-corrected chi connectivity index (χ2v) is 8.94. The number of carbonyl (C=O) groups excluding carboxylic acids is 1. The van der Waals surface area contributed by atoms with Crippen molar-refractivity contribution < 1.29 is 4.79 Å². The average molecular weight is 465 g/mol. The summed E-state index contributed by atoms with van der Waals surface area (Å²) in [6, 6.07) is 17.9. The Morgan fingerprint density at radius 2 is 1.57 bits per heavy atom. The number of carbonyl (C=O) groups is 1. The maximum Gasteiger partial charge on any atom is 0.253 e. The number of hydrogen-bond acceptors (Lipinski definition) is 6. The molecular weight excluding hydrogens is 436 g/mol. The molecule has 0 N–H and O–H groups in total. The monoisotopic (exact) mass is 464 g/mol. The van der Waals surface area contributed by atoms with Crippen LogP contribution in [-0.4, -0.2) is 67.9 Å². The Kier molecular flexibility index (Phi) is 6.59. The van der Waals surface area contributed by atoms with Crippen molar-refractivity contribution in [3.05, 3.63) is 84.9 Å². The minimum atomic E-state index is 0.0925. The van der Waals surface area contributed by atoms with Crippen LogP contribution in [0.15, 0.2) is 79.4 Å². The summed E-state index contributed by atoms with van der Waals surface area (Å²) in [6.07, 6.45) is 7.09. The summed E-state index contributed by atoms with van der Waals surface area (Å²) in [5, 5.41) is 0. The lowest BCUT2D eigenvalue weighted by Crippen LogP contribution is -2.50. The molecule has 1 aromatic carbocycles. The van der Waals surface area contributed by atoms with Gasteiger partial charge in [0.25, 0.3) is 5.91 Å². The number of piperazine rings is 1. The van der Waals surface area contributed by atoms with Crippen LogP contribution in [0, 0.1) is 0 Å². The van der Waals surface area contributed by atoms with Crippen LogP contribution < -0.4 is 0 Å². The minimum absolute atomic E-state index is 0.0925. The van der Waals surface area contributed by atoms with E-state index in [2.05, 4.69) is 44.7 Å². The van der Waals surface area contributed by atoms with Gasteiger partial charge in [-0.3, -0.25) is 19.7 Å². The van der Waals surface area contributed by atoms with Crippen molar-refractivity contribution in [3.63, 3.8) is 0 Å². The summed E-state index contributed by atoms with van der Waals surface area (Å²) in [5.41, 5.74) is 5.08. The highest BCUT2D eigenvalue weighted by Crippen LogP contribution is 2.26. The fourth-order valence-corrected chi connectivity index (χ4v) is 4.31. The highest BCUT2D eigenvalue weighted by molar-refractivity contribution is 5.94. The van der Waals surface area contributed by atoms with E-state index < -0.39 is 0 Å². The second-order valence-electron chi connectivity index (χ2n) is 8.94. The molecule has 1 saturated heterocycles. The maximum absolute atomic E-state index is 13.0. The molecule has 0 aliphatic carbocycles. The first kappa shape index (κ1) is 22.8. The van der Waals surface area contributed by atoms with Crippen molar-refractivity contribution in [1.82, 2.24) is 29.7 Å². The average Bonchev–Trinajstić information content (AvgIpc) is 2.93. The molecule has 0 radical (unpaired) electrons. The minimum Gasteiger partial charge on any atom is -0.336 e. The first-order valence-electron chi connectivity index (χ1n) is 11.9. The summed E-state index contributed by atoms with van der Waals surface area (Å²) < 4.78 is 0. The topological polar surface area (TPSA) is 75.1 Å². The van der Waals surface area contributed by atoms with E-state index in [9.17, 15) is 4.79 Å². The molecule has 4 aromatic rings. The molecule has 35 heavy (non-hydrogen) atoms. The zero-order valence-corrected chi connectivity index (χ0v) is 20.0. The summed E-state index contributed by atoms with van der Waals surface area (Å²) >= 11 is 0. The molecule has 0 spiro atoms. The van der Waals surface area contributed by atoms with Crippen LogP contribution in [0.25, 0.3) is 33.9 Å². The smallest absolute Gasteiger partial charge is 0.253 e. The van der Waals surface area contributed by atoms with Crippen LogP contribution in [-0.2, 0) is 0 Å². The highest BCUT2D eigenvalue weighted by Gasteiger charge is 2.23. The fourth-order valence-electron chi connectivity index (χ4n) is 4.31. The zero-order valence-electron chi connectivity index (χ0n) is 20.0. The Balaban J connectivity index is 1.33. The van der Waals surface area contributed by atoms with Crippen molar-refractivity contribution in [2.75, 3.05) is 26.2 Å². The van der Waals surface area contributed by atoms with Gasteiger partial charge in [0.1, 0.15) is 5.69 Å². The molecule has 7 heteroatoms. The lowest BCUT2D eigenvalue weighted by atomic mass is 10.0. The molecule has 0 bridgehead atoms. The Morgan fingerprint density at radius 3 is 2.29 bits per heavy atom. The summed E-state index contributed by atoms with van der Waals surface area (Å²) in [5.74, 6) is 0.667. The molecule has 1 amide bonds. The Labute approximate surface area is 205 Å². The molecule has 1 aliphatic rings. The number of nitrogens with zero attached hydrogens (tertiary/aromatic N) is 6. The van der Waals surface area contributed by atoms with Gasteiger partial charge in [-0.25, -0.2) is 9.97 Å². The van der Waals surface area contributed by atoms with Gasteiger partial charge in [-0.2, -0.15) is 0 Å². The third-order valence-corrected chi connectivity index (χ3v) is 6.38. The molecule has 0 atom stereocenters. The summed E-state index contributed by atoms with van der Waals surface area (Å²) in [7, 11) is 0. The normalized spacial score (nSPS) is 14.3. The van der Waals surface area contributed by atoms with E-state index in [1.54, 1.807) is 18.6 Å². The predicted molar refractivity (Wildman–Crippen MR) is 137 cm³/mol. The number of rotatable bonds is 5. The summed E-state index contributed by atoms with van der Waals surface area (Å²) in [4.78, 5) is 35.2. The van der Waals surface area contributed by atoms with Gasteiger partial charge in [0.05, 0.1) is 5.69 Å². The molecular formula is C28H28N6O. The molecule has 7 nitrogen and oxygen atoms in total. The van der Waals surface area contributed by atoms with E-state index in [0.717, 1.165) is 54.3 Å². The maximum atomic E-state index is 13.0. The molecule has 176 valence electrons. The first-order chi connectivity index (χ1) is 17.1. The van der Waals surface area contributed by atoms with E-state index in [4.69, 9.17) is 0 Å². The van der Waals surface area contributed by atoms with Gasteiger partial charge < -0.3 is 4.90 Å². The van der Waals surface area contributed by atoms with E-state index in [1.165, 1.54) is 0 Å². The number of hydrogen-bond donors (Lipinski definition) is 0. The highest BCUT2D eigenvalue weighted by atomic mass is 16.2. The van der Waals surface area contributed by atoms with Gasteiger partial charge in [0.2, 0.25) is 0 Å². The van der Waals surface area contributed by atoms with Crippen molar-refractivity contribution in [3.8, 4) is 33.9 Å².